The SMILES string of the molecule is c1cc(-c2cc3ccccc3c3ccccc23)cc(N(c2ccc(-c3cccc4c3sc3ccccc34)cc2)c2ccccc2-c2ccc3ccccc3c2)c1. The lowest BCUT2D eigenvalue weighted by Crippen LogP contribution is -2.11. The molecule has 0 saturated heterocycles. The Labute approximate surface area is 330 Å². The molecule has 0 aliphatic rings. The number of thiophene rings is 1. The minimum atomic E-state index is 1.10. The van der Waals surface area contributed by atoms with E-state index < -0.39 is 0 Å². The van der Waals surface area contributed by atoms with Crippen molar-refractivity contribution in [3.05, 3.63) is 212 Å². The van der Waals surface area contributed by atoms with Gasteiger partial charge in [-0.15, -0.1) is 11.3 Å². The fourth-order valence-corrected chi connectivity index (χ4v) is 9.81. The van der Waals surface area contributed by atoms with Crippen molar-refractivity contribution in [3.63, 3.8) is 0 Å². The Bertz CT molecular complexity index is 3260. The molecule has 0 N–H and O–H groups in total. The number of fused-ring (bicyclic) bond motifs is 7. The van der Waals surface area contributed by atoms with Gasteiger partial charge in [-0.2, -0.15) is 0 Å². The van der Waals surface area contributed by atoms with Crippen LogP contribution in [-0.2, 0) is 0 Å². The third-order valence-corrected chi connectivity index (χ3v) is 12.4. The molecule has 0 saturated carbocycles. The Morgan fingerprint density at radius 1 is 0.304 bits per heavy atom. The molecule has 0 atom stereocenters. The molecule has 2 heteroatoms. The number of benzene rings is 10. The summed E-state index contributed by atoms with van der Waals surface area (Å²) < 4.78 is 2.65. The van der Waals surface area contributed by atoms with E-state index in [0.717, 1.165) is 17.1 Å². The van der Waals surface area contributed by atoms with E-state index in [1.54, 1.807) is 0 Å². The maximum absolute atomic E-state index is 2.43. The van der Waals surface area contributed by atoms with Crippen LogP contribution in [0.5, 0.6) is 0 Å². The number of para-hydroxylation sites is 1. The molecule has 0 spiro atoms. The van der Waals surface area contributed by atoms with E-state index in [1.807, 2.05) is 11.3 Å². The van der Waals surface area contributed by atoms with Gasteiger partial charge in [-0.3, -0.25) is 0 Å². The molecule has 1 nitrogen and oxygen atoms in total. The molecule has 0 fully saturated rings. The zero-order valence-corrected chi connectivity index (χ0v) is 31.4. The summed E-state index contributed by atoms with van der Waals surface area (Å²) in [4.78, 5) is 2.43. The minimum absolute atomic E-state index is 1.10. The Hall–Kier alpha value is -7.00. The average Bonchev–Trinajstić information content (AvgIpc) is 3.66. The predicted octanol–water partition coefficient (Wildman–Crippen LogP) is 16.0. The molecule has 0 bridgehead atoms. The molecule has 262 valence electrons. The van der Waals surface area contributed by atoms with Crippen LogP contribution in [0.1, 0.15) is 0 Å². The molecule has 0 radical (unpaired) electrons. The lowest BCUT2D eigenvalue weighted by Gasteiger charge is -2.28. The molecule has 56 heavy (non-hydrogen) atoms. The van der Waals surface area contributed by atoms with Gasteiger partial charge in [0.2, 0.25) is 0 Å². The molecule has 11 aromatic rings. The fraction of sp³-hybridized carbons (Fsp3) is 0. The third-order valence-electron chi connectivity index (χ3n) is 11.2. The van der Waals surface area contributed by atoms with E-state index in [0.29, 0.717) is 0 Å². The normalized spacial score (nSPS) is 11.6. The van der Waals surface area contributed by atoms with Crippen LogP contribution in [-0.4, -0.2) is 0 Å². The highest BCUT2D eigenvalue weighted by atomic mass is 32.1. The van der Waals surface area contributed by atoms with Gasteiger partial charge in [0, 0.05) is 37.1 Å². The van der Waals surface area contributed by atoms with Gasteiger partial charge < -0.3 is 4.90 Å². The maximum Gasteiger partial charge on any atom is 0.0540 e. The summed E-state index contributed by atoms with van der Waals surface area (Å²) in [6.45, 7) is 0. The van der Waals surface area contributed by atoms with Gasteiger partial charge in [-0.1, -0.05) is 164 Å². The zero-order chi connectivity index (χ0) is 37.0. The lowest BCUT2D eigenvalue weighted by atomic mass is 9.93. The molecule has 1 aromatic heterocycles. The molecule has 1 heterocycles. The molecular formula is C54H35NS. The van der Waals surface area contributed by atoms with Gasteiger partial charge in [-0.05, 0) is 109 Å². The first-order valence-electron chi connectivity index (χ1n) is 19.2. The van der Waals surface area contributed by atoms with E-state index in [4.69, 9.17) is 0 Å². The van der Waals surface area contributed by atoms with Crippen molar-refractivity contribution in [3.8, 4) is 33.4 Å². The largest absolute Gasteiger partial charge is 0.310 e. The van der Waals surface area contributed by atoms with Crippen molar-refractivity contribution in [1.29, 1.82) is 0 Å². The predicted molar refractivity (Wildman–Crippen MR) is 243 cm³/mol. The van der Waals surface area contributed by atoms with Gasteiger partial charge in [-0.25, -0.2) is 0 Å². The monoisotopic (exact) mass is 729 g/mol. The fourth-order valence-electron chi connectivity index (χ4n) is 8.57. The number of hydrogen-bond donors (Lipinski definition) is 0. The van der Waals surface area contributed by atoms with Crippen LogP contribution >= 0.6 is 11.3 Å². The summed E-state index contributed by atoms with van der Waals surface area (Å²) in [6, 6.07) is 77.8. The highest BCUT2D eigenvalue weighted by Gasteiger charge is 2.19. The van der Waals surface area contributed by atoms with E-state index in [9.17, 15) is 0 Å². The van der Waals surface area contributed by atoms with Crippen molar-refractivity contribution >= 4 is 80.9 Å². The average molecular weight is 730 g/mol. The quantitative estimate of drug-likeness (QED) is 0.154. The Morgan fingerprint density at radius 2 is 0.929 bits per heavy atom. The molecule has 0 aliphatic carbocycles. The van der Waals surface area contributed by atoms with Gasteiger partial charge >= 0.3 is 0 Å². The van der Waals surface area contributed by atoms with Gasteiger partial charge in [0.1, 0.15) is 0 Å². The number of rotatable bonds is 6. The molecule has 0 aliphatic heterocycles. The van der Waals surface area contributed by atoms with Crippen molar-refractivity contribution < 1.29 is 0 Å². The summed E-state index contributed by atoms with van der Waals surface area (Å²) in [5, 5.41) is 10.2. The smallest absolute Gasteiger partial charge is 0.0540 e. The molecule has 0 amide bonds. The Kier molecular flexibility index (Phi) is 7.75. The summed E-state index contributed by atoms with van der Waals surface area (Å²) in [7, 11) is 0. The Morgan fingerprint density at radius 3 is 1.80 bits per heavy atom. The molecule has 0 unspecified atom stereocenters. The van der Waals surface area contributed by atoms with E-state index >= 15 is 0 Å². The molecule has 10 aromatic carbocycles. The first kappa shape index (κ1) is 32.4. The number of hydrogen-bond acceptors (Lipinski definition) is 2. The zero-order valence-electron chi connectivity index (χ0n) is 30.6. The molecule has 11 rings (SSSR count). The van der Waals surface area contributed by atoms with Crippen LogP contribution in [0, 0.1) is 0 Å². The van der Waals surface area contributed by atoms with Crippen molar-refractivity contribution in [2.24, 2.45) is 0 Å². The standard InChI is InChI=1S/C54H35NS/c1-2-14-38-33-41(28-27-36(38)13-1)45-19-7-9-25-52(45)55(42-31-29-37(30-32-42)46-23-12-24-50-49-22-8-10-26-53(49)56-54(46)50)43-17-11-16-39(34-43)51-35-40-15-3-4-18-44(40)47-20-5-6-21-48(47)51/h1-35H. The van der Waals surface area contributed by atoms with E-state index in [1.165, 1.54) is 85.9 Å². The topological polar surface area (TPSA) is 3.24 Å². The summed E-state index contributed by atoms with van der Waals surface area (Å²) in [5.41, 5.74) is 10.6. The van der Waals surface area contributed by atoms with Crippen molar-refractivity contribution in [1.82, 2.24) is 0 Å². The highest BCUT2D eigenvalue weighted by molar-refractivity contribution is 7.26. The van der Waals surface area contributed by atoms with Gasteiger partial charge in [0.25, 0.3) is 0 Å². The number of anilines is 3. The second-order valence-corrected chi connectivity index (χ2v) is 15.5. The van der Waals surface area contributed by atoms with Gasteiger partial charge in [0.15, 0.2) is 0 Å². The number of nitrogens with zero attached hydrogens (tertiary/aromatic N) is 1. The second-order valence-electron chi connectivity index (χ2n) is 14.5. The van der Waals surface area contributed by atoms with Crippen LogP contribution in [0.25, 0.3) is 85.9 Å². The van der Waals surface area contributed by atoms with Crippen LogP contribution in [0.15, 0.2) is 212 Å². The summed E-state index contributed by atoms with van der Waals surface area (Å²) >= 11 is 1.88. The van der Waals surface area contributed by atoms with Crippen LogP contribution in [0.2, 0.25) is 0 Å². The van der Waals surface area contributed by atoms with Crippen LogP contribution < -0.4 is 4.90 Å². The first-order valence-corrected chi connectivity index (χ1v) is 20.0. The van der Waals surface area contributed by atoms with Crippen molar-refractivity contribution in [2.45, 2.75) is 0 Å². The summed E-state index contributed by atoms with van der Waals surface area (Å²) in [5.74, 6) is 0. The highest BCUT2D eigenvalue weighted by Crippen LogP contribution is 2.45. The summed E-state index contributed by atoms with van der Waals surface area (Å²) in [6.07, 6.45) is 0. The Balaban J connectivity index is 1.10. The van der Waals surface area contributed by atoms with E-state index in [2.05, 4.69) is 217 Å². The van der Waals surface area contributed by atoms with E-state index in [-0.39, 0.29) is 0 Å². The van der Waals surface area contributed by atoms with Crippen molar-refractivity contribution in [2.75, 3.05) is 4.90 Å². The van der Waals surface area contributed by atoms with Gasteiger partial charge in [0.05, 0.1) is 5.69 Å². The first-order chi connectivity index (χ1) is 27.8. The minimum Gasteiger partial charge on any atom is -0.310 e. The van der Waals surface area contributed by atoms with Crippen LogP contribution in [0.3, 0.4) is 0 Å². The second kappa shape index (κ2) is 13.4. The van der Waals surface area contributed by atoms with Crippen LogP contribution in [0.4, 0.5) is 17.1 Å². The third kappa shape index (κ3) is 5.46. The molecular weight excluding hydrogens is 695 g/mol. The lowest BCUT2D eigenvalue weighted by molar-refractivity contribution is 1.28. The maximum atomic E-state index is 2.43.